The molecule has 4 saturated carbocycles. The van der Waals surface area contributed by atoms with E-state index < -0.39 is 11.1 Å². The van der Waals surface area contributed by atoms with E-state index in [1.165, 1.54) is 12.8 Å². The van der Waals surface area contributed by atoms with Crippen molar-refractivity contribution in [2.45, 2.75) is 69.6 Å². The summed E-state index contributed by atoms with van der Waals surface area (Å²) in [6.45, 7) is 5.05. The number of amides is 1. The fourth-order valence-electron chi connectivity index (χ4n) is 6.38. The second-order valence-electron chi connectivity index (χ2n) is 10.6. The molecule has 4 aliphatic carbocycles. The highest BCUT2D eigenvalue weighted by Gasteiger charge is 2.55. The number of nitrogens with one attached hydrogen (secondary N) is 3. The molecule has 4 bridgehead atoms. The lowest BCUT2D eigenvalue weighted by Gasteiger charge is -2.58. The summed E-state index contributed by atoms with van der Waals surface area (Å²) in [4.78, 5) is 17.5. The van der Waals surface area contributed by atoms with E-state index in [2.05, 4.69) is 20.9 Å². The molecule has 0 saturated heterocycles. The van der Waals surface area contributed by atoms with Crippen molar-refractivity contribution in [3.8, 4) is 0 Å². The lowest BCUT2D eigenvalue weighted by atomic mass is 9.52. The Morgan fingerprint density at radius 2 is 2.07 bits per heavy atom. The van der Waals surface area contributed by atoms with Crippen molar-refractivity contribution in [2.24, 2.45) is 23.5 Å². The van der Waals surface area contributed by atoms with Crippen molar-refractivity contribution in [1.29, 1.82) is 0 Å². The average molecular weight is 400 g/mol. The van der Waals surface area contributed by atoms with Crippen LogP contribution in [0.5, 0.6) is 0 Å². The summed E-state index contributed by atoms with van der Waals surface area (Å²) < 4.78 is 0. The van der Waals surface area contributed by atoms with Gasteiger partial charge in [0.1, 0.15) is 5.82 Å². The zero-order valence-electron chi connectivity index (χ0n) is 17.4. The molecule has 7 heteroatoms. The Hall–Kier alpha value is -1.86. The molecule has 0 spiro atoms. The van der Waals surface area contributed by atoms with Gasteiger partial charge in [-0.25, -0.2) is 4.98 Å². The number of rotatable bonds is 5. The number of nitrogens with zero attached hydrogens (tertiary/aromatic N) is 1. The van der Waals surface area contributed by atoms with Crippen LogP contribution in [0.25, 0.3) is 0 Å². The Kier molecular flexibility index (Phi) is 4.33. The largest absolute Gasteiger partial charge is 0.390 e. The quantitative estimate of drug-likeness (QED) is 0.517. The number of aromatic nitrogens is 1. The van der Waals surface area contributed by atoms with Crippen molar-refractivity contribution < 1.29 is 9.90 Å². The van der Waals surface area contributed by atoms with Crippen molar-refractivity contribution >= 4 is 17.4 Å². The van der Waals surface area contributed by atoms with Crippen LogP contribution in [0.3, 0.4) is 0 Å². The smallest absolute Gasteiger partial charge is 0.255 e. The van der Waals surface area contributed by atoms with Gasteiger partial charge in [-0.3, -0.25) is 4.79 Å². The maximum atomic E-state index is 13.0. The standard InChI is InChI=1S/C22H33N5O2/c1-21(2,23)11-26-20(28)16-10-25-19-15(3-4-24-19)18(16)27-17-13-5-12-6-14(17)9-22(29,7-12)8-13/h10,12-14,17,29H,3-9,11,23H2,1-2H3,(H,26,28)(H2,24,25,27)/t12?,13?,14?,17-,22+. The molecule has 7 nitrogen and oxygen atoms in total. The van der Waals surface area contributed by atoms with Gasteiger partial charge in [0.25, 0.3) is 5.91 Å². The van der Waals surface area contributed by atoms with Crippen LogP contribution in [0.4, 0.5) is 11.5 Å². The van der Waals surface area contributed by atoms with E-state index in [1.54, 1.807) is 6.20 Å². The molecule has 6 N–H and O–H groups in total. The molecule has 1 aliphatic heterocycles. The summed E-state index contributed by atoms with van der Waals surface area (Å²) in [5, 5.41) is 21.0. The highest BCUT2D eigenvalue weighted by molar-refractivity contribution is 6.01. The number of pyridine rings is 1. The van der Waals surface area contributed by atoms with Crippen LogP contribution in [-0.2, 0) is 6.42 Å². The molecule has 1 amide bonds. The van der Waals surface area contributed by atoms with E-state index in [4.69, 9.17) is 5.73 Å². The van der Waals surface area contributed by atoms with E-state index >= 15 is 0 Å². The topological polar surface area (TPSA) is 112 Å². The molecular formula is C22H33N5O2. The lowest BCUT2D eigenvalue weighted by Crippen LogP contribution is -2.59. The van der Waals surface area contributed by atoms with Crippen molar-refractivity contribution in [1.82, 2.24) is 10.3 Å². The van der Waals surface area contributed by atoms with E-state index in [-0.39, 0.29) is 5.91 Å². The van der Waals surface area contributed by atoms with Crippen LogP contribution in [0.2, 0.25) is 0 Å². The number of aliphatic hydroxyl groups is 1. The van der Waals surface area contributed by atoms with Crippen LogP contribution in [0.1, 0.15) is 61.9 Å². The predicted octanol–water partition coefficient (Wildman–Crippen LogP) is 1.87. The van der Waals surface area contributed by atoms with Gasteiger partial charge in [0.05, 0.1) is 16.9 Å². The Morgan fingerprint density at radius 1 is 1.34 bits per heavy atom. The molecule has 1 aromatic heterocycles. The van der Waals surface area contributed by atoms with E-state index in [9.17, 15) is 9.90 Å². The summed E-state index contributed by atoms with van der Waals surface area (Å²) in [5.74, 6) is 2.36. The fourth-order valence-corrected chi connectivity index (χ4v) is 6.38. The maximum Gasteiger partial charge on any atom is 0.255 e. The average Bonchev–Trinajstić information content (AvgIpc) is 3.09. The van der Waals surface area contributed by atoms with Gasteiger partial charge in [-0.05, 0) is 70.1 Å². The van der Waals surface area contributed by atoms with Crippen molar-refractivity contribution in [3.63, 3.8) is 0 Å². The summed E-state index contributed by atoms with van der Waals surface area (Å²) in [5.41, 5.74) is 7.77. The highest BCUT2D eigenvalue weighted by Crippen LogP contribution is 2.56. The number of hydrogen-bond acceptors (Lipinski definition) is 6. The monoisotopic (exact) mass is 399 g/mol. The Labute approximate surface area is 172 Å². The first-order chi connectivity index (χ1) is 13.7. The van der Waals surface area contributed by atoms with E-state index in [0.29, 0.717) is 35.9 Å². The number of carbonyl (C=O) groups excluding carboxylic acids is 1. The third-order valence-electron chi connectivity index (χ3n) is 7.35. The van der Waals surface area contributed by atoms with Crippen LogP contribution < -0.4 is 21.7 Å². The maximum absolute atomic E-state index is 13.0. The van der Waals surface area contributed by atoms with Gasteiger partial charge in [0, 0.05) is 36.4 Å². The number of nitrogens with two attached hydrogens (primary N) is 1. The van der Waals surface area contributed by atoms with Gasteiger partial charge in [0.15, 0.2) is 0 Å². The van der Waals surface area contributed by atoms with Crippen molar-refractivity contribution in [3.05, 3.63) is 17.3 Å². The van der Waals surface area contributed by atoms with Gasteiger partial charge in [0.2, 0.25) is 0 Å². The molecule has 5 aliphatic rings. The molecular weight excluding hydrogens is 366 g/mol. The molecule has 4 fully saturated rings. The zero-order chi connectivity index (χ0) is 20.4. The summed E-state index contributed by atoms with van der Waals surface area (Å²) in [7, 11) is 0. The number of carbonyl (C=O) groups is 1. The van der Waals surface area contributed by atoms with Gasteiger partial charge in [-0.1, -0.05) is 0 Å². The van der Waals surface area contributed by atoms with Crippen molar-refractivity contribution in [2.75, 3.05) is 23.7 Å². The Morgan fingerprint density at radius 3 is 2.72 bits per heavy atom. The molecule has 0 aromatic carbocycles. The van der Waals surface area contributed by atoms with Crippen LogP contribution in [0.15, 0.2) is 6.20 Å². The normalized spacial score (nSPS) is 34.6. The van der Waals surface area contributed by atoms with Crippen LogP contribution in [-0.4, -0.2) is 46.3 Å². The third kappa shape index (κ3) is 3.48. The second-order valence-corrected chi connectivity index (χ2v) is 10.6. The molecule has 2 atom stereocenters. The number of hydrogen-bond donors (Lipinski definition) is 5. The minimum absolute atomic E-state index is 0.129. The molecule has 2 heterocycles. The Balaban J connectivity index is 1.43. The third-order valence-corrected chi connectivity index (χ3v) is 7.35. The van der Waals surface area contributed by atoms with Crippen LogP contribution in [0, 0.1) is 17.8 Å². The van der Waals surface area contributed by atoms with Gasteiger partial charge in [-0.15, -0.1) is 0 Å². The number of fused-ring (bicyclic) bond motifs is 1. The fraction of sp³-hybridized carbons (Fsp3) is 0.727. The minimum atomic E-state index is -0.466. The summed E-state index contributed by atoms with van der Waals surface area (Å²) in [6.07, 6.45) is 7.66. The SMILES string of the molecule is CC(C)(N)CNC(=O)c1cnc2c(c1N[C@H]1C3CC4CC1C[C@@](O)(C4)C3)CCN2. The van der Waals surface area contributed by atoms with E-state index in [1.807, 2.05) is 13.8 Å². The molecule has 0 radical (unpaired) electrons. The highest BCUT2D eigenvalue weighted by atomic mass is 16.3. The summed E-state index contributed by atoms with van der Waals surface area (Å²) in [6, 6.07) is 0.316. The zero-order valence-corrected chi connectivity index (χ0v) is 17.4. The first-order valence-electron chi connectivity index (χ1n) is 11.0. The van der Waals surface area contributed by atoms with E-state index in [0.717, 1.165) is 49.3 Å². The first-order valence-corrected chi connectivity index (χ1v) is 11.0. The Bertz CT molecular complexity index is 817. The molecule has 158 valence electrons. The van der Waals surface area contributed by atoms with Gasteiger partial charge < -0.3 is 26.8 Å². The molecule has 6 rings (SSSR count). The lowest BCUT2D eigenvalue weighted by molar-refractivity contribution is -0.129. The first kappa shape index (κ1) is 19.1. The molecule has 29 heavy (non-hydrogen) atoms. The summed E-state index contributed by atoms with van der Waals surface area (Å²) >= 11 is 0. The molecule has 2 unspecified atom stereocenters. The molecule has 1 aromatic rings. The predicted molar refractivity (Wildman–Crippen MR) is 113 cm³/mol. The van der Waals surface area contributed by atoms with Gasteiger partial charge in [-0.2, -0.15) is 0 Å². The second kappa shape index (κ2) is 6.57. The van der Waals surface area contributed by atoms with Crippen LogP contribution >= 0.6 is 0 Å². The minimum Gasteiger partial charge on any atom is -0.390 e. The van der Waals surface area contributed by atoms with Gasteiger partial charge >= 0.3 is 0 Å². The number of anilines is 2.